The number of ether oxygens (including phenoxy) is 2. The Labute approximate surface area is 171 Å². The van der Waals surface area contributed by atoms with Gasteiger partial charge in [-0.2, -0.15) is 9.29 Å². The van der Waals surface area contributed by atoms with Crippen LogP contribution in [0.25, 0.3) is 0 Å². The molecule has 1 unspecified atom stereocenters. The number of sulfonamides is 1. The first kappa shape index (κ1) is 20.3. The van der Waals surface area contributed by atoms with Gasteiger partial charge in [-0.15, -0.1) is 0 Å². The molecule has 1 saturated carbocycles. The topological polar surface area (TPSA) is 94.8 Å². The average molecular weight is 422 g/mol. The minimum absolute atomic E-state index is 0.129. The van der Waals surface area contributed by atoms with Crippen molar-refractivity contribution in [2.75, 3.05) is 26.3 Å². The van der Waals surface area contributed by atoms with Crippen molar-refractivity contribution >= 4 is 10.0 Å². The number of rotatable bonds is 9. The van der Waals surface area contributed by atoms with Crippen LogP contribution in [-0.2, 0) is 21.2 Å². The third kappa shape index (κ3) is 4.96. The molecule has 4 rings (SSSR count). The lowest BCUT2D eigenvalue weighted by molar-refractivity contribution is 0.0199. The summed E-state index contributed by atoms with van der Waals surface area (Å²) < 4.78 is 44.0. The molecule has 1 aliphatic carbocycles. The number of piperidine rings is 1. The molecule has 0 amide bonds. The van der Waals surface area contributed by atoms with Crippen molar-refractivity contribution in [1.29, 1.82) is 0 Å². The van der Waals surface area contributed by atoms with Crippen molar-refractivity contribution in [2.45, 2.75) is 55.9 Å². The standard InChI is InChI=1S/C20H27N3O5S/c1-2-26-16-7-9-18(10-8-16)29(24,25)23-12-3-4-17(14-23)27-13-11-19-21-20(28-22-19)15-5-6-15/h7-10,15,17H,2-6,11-14H2,1H3. The Kier molecular flexibility index (Phi) is 6.17. The molecule has 0 spiro atoms. The Hall–Kier alpha value is -1.97. The molecule has 0 radical (unpaired) electrons. The highest BCUT2D eigenvalue weighted by molar-refractivity contribution is 7.89. The number of nitrogens with zero attached hydrogens (tertiary/aromatic N) is 3. The Balaban J connectivity index is 1.30. The SMILES string of the molecule is CCOc1ccc(S(=O)(=O)N2CCCC(OCCc3noc(C4CC4)n3)C2)cc1. The molecule has 1 aromatic carbocycles. The predicted molar refractivity (Wildman–Crippen MR) is 105 cm³/mol. The molecule has 2 heterocycles. The monoisotopic (exact) mass is 421 g/mol. The Morgan fingerprint density at radius 1 is 1.21 bits per heavy atom. The van der Waals surface area contributed by atoms with Gasteiger partial charge in [0, 0.05) is 25.4 Å². The third-order valence-corrected chi connectivity index (χ3v) is 7.08. The molecule has 158 valence electrons. The lowest BCUT2D eigenvalue weighted by Gasteiger charge is -2.31. The van der Waals surface area contributed by atoms with Crippen molar-refractivity contribution < 1.29 is 22.4 Å². The van der Waals surface area contributed by atoms with Crippen molar-refractivity contribution in [3.05, 3.63) is 36.0 Å². The second-order valence-electron chi connectivity index (χ2n) is 7.48. The maximum atomic E-state index is 13.0. The van der Waals surface area contributed by atoms with E-state index in [1.165, 1.54) is 4.31 Å². The van der Waals surface area contributed by atoms with Gasteiger partial charge in [0.15, 0.2) is 5.82 Å². The molecule has 0 N–H and O–H groups in total. The number of hydrogen-bond acceptors (Lipinski definition) is 7. The molecule has 1 atom stereocenters. The van der Waals surface area contributed by atoms with Crippen LogP contribution in [0.5, 0.6) is 5.75 Å². The molecule has 1 aromatic heterocycles. The van der Waals surface area contributed by atoms with Gasteiger partial charge >= 0.3 is 0 Å². The summed E-state index contributed by atoms with van der Waals surface area (Å²) >= 11 is 0. The first-order chi connectivity index (χ1) is 14.1. The lowest BCUT2D eigenvalue weighted by Crippen LogP contribution is -2.43. The van der Waals surface area contributed by atoms with E-state index in [9.17, 15) is 8.42 Å². The highest BCUT2D eigenvalue weighted by Crippen LogP contribution is 2.38. The van der Waals surface area contributed by atoms with Gasteiger partial charge < -0.3 is 14.0 Å². The summed E-state index contributed by atoms with van der Waals surface area (Å²) in [6.45, 7) is 3.75. The predicted octanol–water partition coefficient (Wildman–Crippen LogP) is 2.76. The van der Waals surface area contributed by atoms with Crippen LogP contribution in [0.15, 0.2) is 33.7 Å². The zero-order valence-electron chi connectivity index (χ0n) is 16.6. The highest BCUT2D eigenvalue weighted by Gasteiger charge is 2.31. The van der Waals surface area contributed by atoms with Crippen molar-refractivity contribution in [3.8, 4) is 5.75 Å². The Bertz CT molecular complexity index is 908. The maximum Gasteiger partial charge on any atom is 0.243 e. The molecule has 2 aliphatic rings. The van der Waals surface area contributed by atoms with Crippen LogP contribution in [0.3, 0.4) is 0 Å². The summed E-state index contributed by atoms with van der Waals surface area (Å²) in [5.41, 5.74) is 0. The highest BCUT2D eigenvalue weighted by atomic mass is 32.2. The zero-order valence-corrected chi connectivity index (χ0v) is 17.4. The van der Waals surface area contributed by atoms with Crippen LogP contribution in [0.2, 0.25) is 0 Å². The van der Waals surface area contributed by atoms with Crippen LogP contribution in [0, 0.1) is 0 Å². The molecule has 1 saturated heterocycles. The van der Waals surface area contributed by atoms with E-state index >= 15 is 0 Å². The van der Waals surface area contributed by atoms with E-state index < -0.39 is 10.0 Å². The van der Waals surface area contributed by atoms with Gasteiger partial charge in [0.2, 0.25) is 15.9 Å². The van der Waals surface area contributed by atoms with Gasteiger partial charge in [-0.25, -0.2) is 8.42 Å². The second-order valence-corrected chi connectivity index (χ2v) is 9.41. The van der Waals surface area contributed by atoms with Gasteiger partial charge in [0.25, 0.3) is 0 Å². The molecule has 2 aromatic rings. The average Bonchev–Trinajstić information content (AvgIpc) is 3.48. The van der Waals surface area contributed by atoms with Gasteiger partial charge in [-0.3, -0.25) is 0 Å². The van der Waals surface area contributed by atoms with Gasteiger partial charge in [0.05, 0.1) is 24.2 Å². The van der Waals surface area contributed by atoms with E-state index in [-0.39, 0.29) is 11.0 Å². The van der Waals surface area contributed by atoms with Crippen LogP contribution in [0.1, 0.15) is 50.2 Å². The third-order valence-electron chi connectivity index (χ3n) is 5.20. The minimum atomic E-state index is -3.55. The van der Waals surface area contributed by atoms with Crippen LogP contribution < -0.4 is 4.74 Å². The normalized spacial score (nSPS) is 20.7. The summed E-state index contributed by atoms with van der Waals surface area (Å²) in [5, 5.41) is 3.99. The summed E-state index contributed by atoms with van der Waals surface area (Å²) in [4.78, 5) is 4.67. The van der Waals surface area contributed by atoms with E-state index in [0.717, 1.165) is 31.6 Å². The van der Waals surface area contributed by atoms with Crippen molar-refractivity contribution in [1.82, 2.24) is 14.4 Å². The van der Waals surface area contributed by atoms with E-state index in [2.05, 4.69) is 10.1 Å². The molecular formula is C20H27N3O5S. The smallest absolute Gasteiger partial charge is 0.243 e. The molecular weight excluding hydrogens is 394 g/mol. The molecule has 0 bridgehead atoms. The molecule has 29 heavy (non-hydrogen) atoms. The fourth-order valence-electron chi connectivity index (χ4n) is 3.46. The Morgan fingerprint density at radius 3 is 2.72 bits per heavy atom. The van der Waals surface area contributed by atoms with E-state index in [1.54, 1.807) is 24.3 Å². The minimum Gasteiger partial charge on any atom is -0.494 e. The van der Waals surface area contributed by atoms with Crippen LogP contribution in [-0.4, -0.2) is 55.3 Å². The first-order valence-corrected chi connectivity index (χ1v) is 11.7. The van der Waals surface area contributed by atoms with Crippen molar-refractivity contribution in [3.63, 3.8) is 0 Å². The van der Waals surface area contributed by atoms with E-state index in [0.29, 0.717) is 50.2 Å². The summed E-state index contributed by atoms with van der Waals surface area (Å²) in [6, 6.07) is 6.57. The summed E-state index contributed by atoms with van der Waals surface area (Å²) in [5.74, 6) is 2.49. The fraction of sp³-hybridized carbons (Fsp3) is 0.600. The van der Waals surface area contributed by atoms with E-state index in [4.69, 9.17) is 14.0 Å². The van der Waals surface area contributed by atoms with E-state index in [1.807, 2.05) is 6.92 Å². The van der Waals surface area contributed by atoms with Gasteiger partial charge in [0.1, 0.15) is 5.75 Å². The number of benzene rings is 1. The first-order valence-electron chi connectivity index (χ1n) is 10.2. The number of aromatic nitrogens is 2. The largest absolute Gasteiger partial charge is 0.494 e. The Morgan fingerprint density at radius 2 is 2.00 bits per heavy atom. The lowest BCUT2D eigenvalue weighted by atomic mass is 10.1. The van der Waals surface area contributed by atoms with Gasteiger partial charge in [-0.1, -0.05) is 5.16 Å². The molecule has 2 fully saturated rings. The maximum absolute atomic E-state index is 13.0. The molecule has 8 nitrogen and oxygen atoms in total. The summed E-state index contributed by atoms with van der Waals surface area (Å²) in [7, 11) is -3.55. The summed E-state index contributed by atoms with van der Waals surface area (Å²) in [6.07, 6.45) is 4.30. The zero-order chi connectivity index (χ0) is 20.3. The number of hydrogen-bond donors (Lipinski definition) is 0. The quantitative estimate of drug-likeness (QED) is 0.614. The van der Waals surface area contributed by atoms with Gasteiger partial charge in [-0.05, 0) is 56.9 Å². The second kappa shape index (κ2) is 8.81. The van der Waals surface area contributed by atoms with Crippen LogP contribution in [0.4, 0.5) is 0 Å². The molecule has 1 aliphatic heterocycles. The fourth-order valence-corrected chi connectivity index (χ4v) is 4.98. The van der Waals surface area contributed by atoms with Crippen molar-refractivity contribution in [2.24, 2.45) is 0 Å². The molecule has 9 heteroatoms. The van der Waals surface area contributed by atoms with Crippen LogP contribution >= 0.6 is 0 Å².